The number of ether oxygens (including phenoxy) is 1. The standard InChI is InChI=1S/C18H30O.2Na.H2O4S/c1-2-3-4-5-6-7-8-9-10-12-15-18-16-13-11-14-17(18)19-18;;;1-5(2,3)4/h11,13-14,16-17H,2-10,12,15H2,1H3;;;(H2,1,2,3,4)/q;2*+1;/p-2. The van der Waals surface area contributed by atoms with Gasteiger partial charge >= 0.3 is 59.1 Å². The summed E-state index contributed by atoms with van der Waals surface area (Å²) in [7, 11) is -5.17. The summed E-state index contributed by atoms with van der Waals surface area (Å²) in [6.07, 6.45) is 24.4. The second-order valence-electron chi connectivity index (χ2n) is 6.58. The molecule has 0 N–H and O–H groups in total. The minimum atomic E-state index is -5.17. The van der Waals surface area contributed by atoms with Crippen molar-refractivity contribution in [1.82, 2.24) is 0 Å². The van der Waals surface area contributed by atoms with Gasteiger partial charge in [-0.05, 0) is 12.5 Å². The van der Waals surface area contributed by atoms with Crippen molar-refractivity contribution in [3.05, 3.63) is 24.3 Å². The van der Waals surface area contributed by atoms with E-state index in [1.165, 1.54) is 70.6 Å². The third-order valence-electron chi connectivity index (χ3n) is 4.47. The summed E-state index contributed by atoms with van der Waals surface area (Å²) in [5.74, 6) is 0. The Kier molecular flexibility index (Phi) is 18.3. The van der Waals surface area contributed by atoms with Crippen LogP contribution >= 0.6 is 0 Å². The van der Waals surface area contributed by atoms with Crippen molar-refractivity contribution in [2.75, 3.05) is 0 Å². The molecule has 0 aromatic carbocycles. The first kappa shape index (κ1) is 29.5. The van der Waals surface area contributed by atoms with Crippen LogP contribution < -0.4 is 59.1 Å². The Bertz CT molecular complexity index is 500. The molecule has 0 spiro atoms. The van der Waals surface area contributed by atoms with Crippen molar-refractivity contribution in [3.63, 3.8) is 0 Å². The molecule has 0 saturated carbocycles. The van der Waals surface area contributed by atoms with Gasteiger partial charge in [0.25, 0.3) is 0 Å². The van der Waals surface area contributed by atoms with Crippen molar-refractivity contribution in [2.45, 2.75) is 89.3 Å². The minimum Gasteiger partial charge on any atom is -0.759 e. The summed E-state index contributed by atoms with van der Waals surface area (Å²) < 4.78 is 39.9. The third kappa shape index (κ3) is 15.3. The van der Waals surface area contributed by atoms with Gasteiger partial charge in [0.15, 0.2) is 0 Å². The van der Waals surface area contributed by atoms with E-state index in [2.05, 4.69) is 31.2 Å². The molecule has 1 aliphatic heterocycles. The van der Waals surface area contributed by atoms with Crippen molar-refractivity contribution in [1.29, 1.82) is 0 Å². The van der Waals surface area contributed by atoms with Crippen LogP contribution in [-0.4, -0.2) is 29.2 Å². The Morgan fingerprint density at radius 2 is 1.35 bits per heavy atom. The molecule has 8 heteroatoms. The maximum Gasteiger partial charge on any atom is 1.00 e. The van der Waals surface area contributed by atoms with Crippen LogP contribution in [-0.2, 0) is 15.1 Å². The molecule has 140 valence electrons. The van der Waals surface area contributed by atoms with E-state index < -0.39 is 10.4 Å². The average Bonchev–Trinajstić information content (AvgIpc) is 3.22. The second-order valence-corrected chi connectivity index (χ2v) is 7.39. The number of hydrogen-bond acceptors (Lipinski definition) is 5. The van der Waals surface area contributed by atoms with Crippen molar-refractivity contribution < 1.29 is 81.4 Å². The molecule has 2 unspecified atom stereocenters. The predicted octanol–water partition coefficient (Wildman–Crippen LogP) is -1.77. The SMILES string of the molecule is CCCCCCCCCCCCC12C=CC=CC1O2.O=S(=O)([O-])[O-].[Na+].[Na+]. The van der Waals surface area contributed by atoms with E-state index in [9.17, 15) is 0 Å². The van der Waals surface area contributed by atoms with Gasteiger partial charge in [0.05, 0.1) is 0 Å². The summed E-state index contributed by atoms with van der Waals surface area (Å²) in [5.41, 5.74) is 0.120. The van der Waals surface area contributed by atoms with E-state index in [0.29, 0.717) is 6.10 Å². The average molecular weight is 404 g/mol. The van der Waals surface area contributed by atoms with E-state index in [1.807, 2.05) is 0 Å². The third-order valence-corrected chi connectivity index (χ3v) is 4.47. The molecule has 1 fully saturated rings. The Hall–Kier alpha value is 1.31. The van der Waals surface area contributed by atoms with Gasteiger partial charge in [-0.2, -0.15) is 0 Å². The topological polar surface area (TPSA) is 92.8 Å². The van der Waals surface area contributed by atoms with Gasteiger partial charge in [0.1, 0.15) is 11.7 Å². The number of fused-ring (bicyclic) bond motifs is 1. The summed E-state index contributed by atoms with van der Waals surface area (Å²) in [6.45, 7) is 2.28. The number of unbranched alkanes of at least 4 members (excludes halogenated alkanes) is 9. The zero-order valence-electron chi connectivity index (χ0n) is 16.6. The Labute approximate surface area is 203 Å². The van der Waals surface area contributed by atoms with Crippen LogP contribution in [0.2, 0.25) is 0 Å². The Morgan fingerprint density at radius 1 is 0.885 bits per heavy atom. The van der Waals surface area contributed by atoms with E-state index in [0.717, 1.165) is 0 Å². The summed E-state index contributed by atoms with van der Waals surface area (Å²) >= 11 is 0. The Balaban J connectivity index is 0. The van der Waals surface area contributed by atoms with Gasteiger partial charge in [-0.3, -0.25) is 8.42 Å². The van der Waals surface area contributed by atoms with Crippen LogP contribution in [0.4, 0.5) is 0 Å². The molecule has 0 radical (unpaired) electrons. The Morgan fingerprint density at radius 3 is 1.81 bits per heavy atom. The van der Waals surface area contributed by atoms with Gasteiger partial charge in [-0.1, -0.05) is 89.4 Å². The maximum absolute atomic E-state index is 8.52. The molecule has 0 aromatic rings. The zero-order chi connectivity index (χ0) is 17.9. The quantitative estimate of drug-likeness (QED) is 0.134. The fourth-order valence-corrected chi connectivity index (χ4v) is 3.10. The van der Waals surface area contributed by atoms with Crippen LogP contribution in [0.15, 0.2) is 24.3 Å². The number of rotatable bonds is 11. The molecule has 0 bridgehead atoms. The van der Waals surface area contributed by atoms with Gasteiger partial charge in [0, 0.05) is 10.4 Å². The molecule has 26 heavy (non-hydrogen) atoms. The van der Waals surface area contributed by atoms with Gasteiger partial charge in [-0.15, -0.1) is 0 Å². The van der Waals surface area contributed by atoms with Crippen LogP contribution in [0.5, 0.6) is 0 Å². The molecular formula is C18H30Na2O5S. The summed E-state index contributed by atoms with van der Waals surface area (Å²) in [5, 5.41) is 0. The summed E-state index contributed by atoms with van der Waals surface area (Å²) in [4.78, 5) is 0. The zero-order valence-corrected chi connectivity index (χ0v) is 21.4. The molecule has 0 amide bonds. The predicted molar refractivity (Wildman–Crippen MR) is 92.8 cm³/mol. The largest absolute Gasteiger partial charge is 1.00 e. The van der Waals surface area contributed by atoms with Crippen molar-refractivity contribution >= 4 is 10.4 Å². The number of allylic oxidation sites excluding steroid dienone is 2. The first-order valence-electron chi connectivity index (χ1n) is 9.08. The van der Waals surface area contributed by atoms with E-state index in [1.54, 1.807) is 0 Å². The van der Waals surface area contributed by atoms with Crippen LogP contribution in [0.25, 0.3) is 0 Å². The fourth-order valence-electron chi connectivity index (χ4n) is 3.10. The van der Waals surface area contributed by atoms with E-state index in [4.69, 9.17) is 22.3 Å². The normalized spacial score (nSPS) is 22.3. The number of epoxide rings is 1. The molecule has 1 saturated heterocycles. The van der Waals surface area contributed by atoms with E-state index in [-0.39, 0.29) is 64.7 Å². The molecule has 1 heterocycles. The second kappa shape index (κ2) is 16.1. The molecule has 2 atom stereocenters. The molecule has 2 aliphatic rings. The van der Waals surface area contributed by atoms with Crippen molar-refractivity contribution in [3.8, 4) is 0 Å². The fraction of sp³-hybridized carbons (Fsp3) is 0.778. The maximum atomic E-state index is 8.52. The van der Waals surface area contributed by atoms with E-state index >= 15 is 0 Å². The first-order valence-corrected chi connectivity index (χ1v) is 10.4. The molecule has 1 aliphatic carbocycles. The van der Waals surface area contributed by atoms with Crippen LogP contribution in [0, 0.1) is 0 Å². The monoisotopic (exact) mass is 404 g/mol. The smallest absolute Gasteiger partial charge is 0.759 e. The number of hydrogen-bond donors (Lipinski definition) is 0. The van der Waals surface area contributed by atoms with Gasteiger partial charge < -0.3 is 13.8 Å². The van der Waals surface area contributed by atoms with Crippen LogP contribution in [0.3, 0.4) is 0 Å². The van der Waals surface area contributed by atoms with Gasteiger partial charge in [0.2, 0.25) is 0 Å². The minimum absolute atomic E-state index is 0. The first-order chi connectivity index (χ1) is 11.4. The molecular weight excluding hydrogens is 374 g/mol. The van der Waals surface area contributed by atoms with Crippen LogP contribution in [0.1, 0.15) is 77.6 Å². The van der Waals surface area contributed by atoms with Crippen molar-refractivity contribution in [2.24, 2.45) is 0 Å². The summed E-state index contributed by atoms with van der Waals surface area (Å²) in [6, 6.07) is 0. The molecule has 0 aromatic heterocycles. The van der Waals surface area contributed by atoms with Gasteiger partial charge in [-0.25, -0.2) is 0 Å². The molecule has 2 rings (SSSR count). The molecule has 5 nitrogen and oxygen atoms in total.